The van der Waals surface area contributed by atoms with Gasteiger partial charge in [-0.3, -0.25) is 10.1 Å². The van der Waals surface area contributed by atoms with Crippen LogP contribution < -0.4 is 5.32 Å². The lowest BCUT2D eigenvalue weighted by atomic mass is 10.0. The maximum absolute atomic E-state index is 12.8. The zero-order chi connectivity index (χ0) is 20.2. The number of hydrogen-bond acceptors (Lipinski definition) is 4. The molecule has 1 aliphatic heterocycles. The van der Waals surface area contributed by atoms with Crippen LogP contribution in [-0.2, 0) is 11.3 Å². The summed E-state index contributed by atoms with van der Waals surface area (Å²) in [7, 11) is 0. The Labute approximate surface area is 170 Å². The Hall–Kier alpha value is -1.37. The summed E-state index contributed by atoms with van der Waals surface area (Å²) in [6.07, 6.45) is 2.90. The molecule has 1 saturated heterocycles. The Morgan fingerprint density at radius 1 is 1.33 bits per heavy atom. The normalized spacial score (nSPS) is 23.4. The third-order valence-electron chi connectivity index (χ3n) is 4.65. The molecule has 3 N–H and O–H groups in total. The van der Waals surface area contributed by atoms with E-state index in [4.69, 9.17) is 23.2 Å². The number of carbonyl (C=O) groups is 1. The number of carbonyl (C=O) groups excluding carboxylic acids is 1. The van der Waals surface area contributed by atoms with E-state index >= 15 is 0 Å². The summed E-state index contributed by atoms with van der Waals surface area (Å²) in [6.45, 7) is 5.62. The van der Waals surface area contributed by atoms with Gasteiger partial charge < -0.3 is 15.1 Å². The first-order valence-electron chi connectivity index (χ1n) is 8.81. The molecule has 1 unspecified atom stereocenters. The molecule has 0 aromatic heterocycles. The first kappa shape index (κ1) is 21.9. The average molecular weight is 413 g/mol. The van der Waals surface area contributed by atoms with Gasteiger partial charge >= 0.3 is 0 Å². The van der Waals surface area contributed by atoms with Crippen LogP contribution in [0.5, 0.6) is 0 Å². The zero-order valence-corrected chi connectivity index (χ0v) is 17.3. The van der Waals surface area contributed by atoms with Crippen LogP contribution in [0.4, 0.5) is 0 Å². The van der Waals surface area contributed by atoms with Crippen LogP contribution >= 0.6 is 23.2 Å². The maximum atomic E-state index is 12.8. The highest BCUT2D eigenvalue weighted by atomic mass is 35.5. The highest BCUT2D eigenvalue weighted by Crippen LogP contribution is 2.28. The number of allylic oxidation sites excluding steroid dienone is 3. The molecule has 0 aliphatic carbocycles. The third-order valence-corrected chi connectivity index (χ3v) is 5.03. The topological polar surface area (TPSA) is 72.8 Å². The van der Waals surface area contributed by atoms with Crippen molar-refractivity contribution < 1.29 is 15.0 Å². The molecule has 1 heterocycles. The molecule has 3 atom stereocenters. The van der Waals surface area contributed by atoms with Crippen molar-refractivity contribution in [1.29, 1.82) is 0 Å². The number of likely N-dealkylation sites (tertiary alicyclic amines) is 1. The molecule has 1 aromatic rings. The van der Waals surface area contributed by atoms with E-state index in [1.807, 2.05) is 12.1 Å². The second-order valence-electron chi connectivity index (χ2n) is 7.09. The second-order valence-corrected chi connectivity index (χ2v) is 8.13. The Morgan fingerprint density at radius 2 is 1.96 bits per heavy atom. The Balaban J connectivity index is 2.12. The van der Waals surface area contributed by atoms with Crippen molar-refractivity contribution in [3.8, 4) is 0 Å². The zero-order valence-electron chi connectivity index (χ0n) is 15.7. The number of aliphatic hydroxyl groups excluding tert-OH is 1. The smallest absolute Gasteiger partial charge is 0.249 e. The number of β-amino-alcohol motifs (C(OH)–C–C–N with tert-alkyl or cyclic N) is 1. The molecular weight excluding hydrogens is 387 g/mol. The van der Waals surface area contributed by atoms with Gasteiger partial charge in [0.1, 0.15) is 5.72 Å². The number of aliphatic hydroxyl groups is 2. The van der Waals surface area contributed by atoms with E-state index in [2.05, 4.69) is 5.32 Å². The summed E-state index contributed by atoms with van der Waals surface area (Å²) in [6, 6.07) is 6.74. The first-order valence-corrected chi connectivity index (χ1v) is 9.57. The van der Waals surface area contributed by atoms with Gasteiger partial charge in [-0.05, 0) is 51.0 Å². The summed E-state index contributed by atoms with van der Waals surface area (Å²) >= 11 is 11.7. The average Bonchev–Trinajstić information content (AvgIpc) is 3.01. The van der Waals surface area contributed by atoms with Crippen LogP contribution in [0.2, 0.25) is 5.02 Å². The lowest BCUT2D eigenvalue weighted by molar-refractivity contribution is -0.135. The van der Waals surface area contributed by atoms with Gasteiger partial charge in [0.2, 0.25) is 5.91 Å². The molecule has 148 valence electrons. The van der Waals surface area contributed by atoms with Crippen LogP contribution in [-0.4, -0.2) is 45.4 Å². The minimum absolute atomic E-state index is 0.178. The van der Waals surface area contributed by atoms with Crippen molar-refractivity contribution in [2.45, 2.75) is 51.6 Å². The fourth-order valence-corrected chi connectivity index (χ4v) is 3.30. The Morgan fingerprint density at radius 3 is 2.56 bits per heavy atom. The van der Waals surface area contributed by atoms with Crippen LogP contribution in [0.1, 0.15) is 32.8 Å². The molecule has 5 nitrogen and oxygen atoms in total. The largest absolute Gasteiger partial charge is 0.391 e. The van der Waals surface area contributed by atoms with Crippen molar-refractivity contribution in [3.63, 3.8) is 0 Å². The van der Waals surface area contributed by atoms with E-state index < -0.39 is 17.9 Å². The maximum Gasteiger partial charge on any atom is 0.249 e. The minimum Gasteiger partial charge on any atom is -0.391 e. The van der Waals surface area contributed by atoms with Crippen molar-refractivity contribution in [2.24, 2.45) is 0 Å². The molecular formula is C20H26Cl2N2O3. The van der Waals surface area contributed by atoms with E-state index in [1.54, 1.807) is 45.1 Å². The van der Waals surface area contributed by atoms with Gasteiger partial charge in [-0.15, -0.1) is 0 Å². The van der Waals surface area contributed by atoms with E-state index in [-0.39, 0.29) is 12.5 Å². The van der Waals surface area contributed by atoms with E-state index in [0.29, 0.717) is 28.6 Å². The Bertz CT molecular complexity index is 725. The van der Waals surface area contributed by atoms with Crippen molar-refractivity contribution >= 4 is 29.1 Å². The number of rotatable bonds is 6. The molecule has 0 bridgehead atoms. The monoisotopic (exact) mass is 412 g/mol. The quantitative estimate of drug-likeness (QED) is 0.381. The molecule has 7 heteroatoms. The SMILES string of the molecule is C/C(Cl)=C\C=C(/C)C(=O)N1C[C@H](O)C[C@H]1C(C)(O)NCc1ccc(Cl)cc1. The van der Waals surface area contributed by atoms with Gasteiger partial charge in [0.05, 0.1) is 12.1 Å². The number of amides is 1. The number of benzene rings is 1. The standard InChI is InChI=1S/C20H26Cl2N2O3/c1-13(4-5-14(2)21)19(26)24-12-17(25)10-18(24)20(3,27)23-11-15-6-8-16(22)9-7-15/h4-9,17-18,23,25,27H,10-12H2,1-3H3/b13-4+,14-5+/t17-,18+,20?/m1/s1. The van der Waals surface area contributed by atoms with E-state index in [0.717, 1.165) is 5.56 Å². The van der Waals surface area contributed by atoms with E-state index in [1.165, 1.54) is 4.90 Å². The Kier molecular flexibility index (Phi) is 7.48. The summed E-state index contributed by atoms with van der Waals surface area (Å²) in [5.41, 5.74) is 0.0724. The number of halogens is 2. The summed E-state index contributed by atoms with van der Waals surface area (Å²) in [4.78, 5) is 14.3. The summed E-state index contributed by atoms with van der Waals surface area (Å²) in [5, 5.41) is 25.4. The first-order chi connectivity index (χ1) is 12.6. The molecule has 1 aliphatic rings. The second kappa shape index (κ2) is 9.22. The van der Waals surface area contributed by atoms with Gasteiger partial charge in [-0.2, -0.15) is 0 Å². The van der Waals surface area contributed by atoms with Crippen LogP contribution in [0, 0.1) is 0 Å². The van der Waals surface area contributed by atoms with Gasteiger partial charge in [0.25, 0.3) is 0 Å². The molecule has 27 heavy (non-hydrogen) atoms. The number of nitrogens with one attached hydrogen (secondary N) is 1. The molecule has 1 amide bonds. The molecule has 2 rings (SSSR count). The van der Waals surface area contributed by atoms with Crippen molar-refractivity contribution in [2.75, 3.05) is 6.54 Å². The molecule has 0 saturated carbocycles. The minimum atomic E-state index is -1.37. The van der Waals surface area contributed by atoms with Crippen molar-refractivity contribution in [1.82, 2.24) is 10.2 Å². The number of hydrogen-bond donors (Lipinski definition) is 3. The summed E-state index contributed by atoms with van der Waals surface area (Å²) < 4.78 is 0. The fourth-order valence-electron chi connectivity index (χ4n) is 3.11. The number of nitrogens with zero attached hydrogens (tertiary/aromatic N) is 1. The summed E-state index contributed by atoms with van der Waals surface area (Å²) in [5.74, 6) is -0.237. The van der Waals surface area contributed by atoms with Crippen LogP contribution in [0.3, 0.4) is 0 Å². The molecule has 1 aromatic carbocycles. The van der Waals surface area contributed by atoms with Crippen molar-refractivity contribution in [3.05, 3.63) is 57.6 Å². The van der Waals surface area contributed by atoms with Gasteiger partial charge in [0, 0.05) is 28.7 Å². The molecule has 0 radical (unpaired) electrons. The third kappa shape index (κ3) is 6.06. The van der Waals surface area contributed by atoms with Crippen LogP contribution in [0.15, 0.2) is 47.0 Å². The van der Waals surface area contributed by atoms with E-state index in [9.17, 15) is 15.0 Å². The fraction of sp³-hybridized carbons (Fsp3) is 0.450. The highest BCUT2D eigenvalue weighted by molar-refractivity contribution is 6.30. The van der Waals surface area contributed by atoms with Crippen LogP contribution in [0.25, 0.3) is 0 Å². The van der Waals surface area contributed by atoms with Gasteiger partial charge in [0.15, 0.2) is 0 Å². The highest BCUT2D eigenvalue weighted by Gasteiger charge is 2.44. The molecule has 1 fully saturated rings. The lowest BCUT2D eigenvalue weighted by Crippen LogP contribution is -2.58. The lowest BCUT2D eigenvalue weighted by Gasteiger charge is -2.37. The van der Waals surface area contributed by atoms with Gasteiger partial charge in [-0.25, -0.2) is 0 Å². The predicted molar refractivity (Wildman–Crippen MR) is 108 cm³/mol. The predicted octanol–water partition coefficient (Wildman–Crippen LogP) is 3.19. The van der Waals surface area contributed by atoms with Gasteiger partial charge in [-0.1, -0.05) is 41.4 Å². The molecule has 0 spiro atoms.